The number of rotatable bonds is 2. The van der Waals surface area contributed by atoms with Crippen molar-refractivity contribution in [2.45, 2.75) is 78.2 Å². The van der Waals surface area contributed by atoms with Gasteiger partial charge in [-0.05, 0) is 63.2 Å². The summed E-state index contributed by atoms with van der Waals surface area (Å²) in [6, 6.07) is 0. The van der Waals surface area contributed by atoms with Crippen LogP contribution in [0, 0.1) is 10.8 Å². The summed E-state index contributed by atoms with van der Waals surface area (Å²) in [5.41, 5.74) is 1.31. The smallest absolute Gasteiger partial charge is 0.0632 e. The average Bonchev–Trinajstić information content (AvgIpc) is 2.50. The molecular weight excluding hydrogens is 196 g/mol. The first kappa shape index (κ1) is 12.4. The summed E-state index contributed by atoms with van der Waals surface area (Å²) in [4.78, 5) is 0. The lowest BCUT2D eigenvalue weighted by atomic mass is 9.61. The lowest BCUT2D eigenvalue weighted by Crippen LogP contribution is -2.33. The number of hydrogen-bond acceptors (Lipinski definition) is 1. The Morgan fingerprint density at radius 3 is 2.06 bits per heavy atom. The molecule has 1 heterocycles. The molecule has 1 aliphatic heterocycles. The zero-order valence-corrected chi connectivity index (χ0v) is 11.6. The van der Waals surface area contributed by atoms with Crippen molar-refractivity contribution in [3.8, 4) is 0 Å². The molecule has 0 aromatic rings. The Labute approximate surface area is 101 Å². The van der Waals surface area contributed by atoms with Gasteiger partial charge in [0.2, 0.25) is 0 Å². The molecule has 1 saturated carbocycles. The van der Waals surface area contributed by atoms with Crippen molar-refractivity contribution >= 4 is 0 Å². The van der Waals surface area contributed by atoms with Gasteiger partial charge in [-0.2, -0.15) is 0 Å². The van der Waals surface area contributed by atoms with Gasteiger partial charge in [-0.1, -0.05) is 20.3 Å². The van der Waals surface area contributed by atoms with E-state index in [1.807, 2.05) is 0 Å². The minimum atomic E-state index is 0.137. The molecule has 0 radical (unpaired) electrons. The van der Waals surface area contributed by atoms with E-state index in [1.54, 1.807) is 0 Å². The van der Waals surface area contributed by atoms with Crippen LogP contribution in [0.5, 0.6) is 0 Å². The van der Waals surface area contributed by atoms with Crippen LogP contribution in [0.3, 0.4) is 0 Å². The van der Waals surface area contributed by atoms with Gasteiger partial charge in [-0.15, -0.1) is 0 Å². The lowest BCUT2D eigenvalue weighted by Gasteiger charge is -2.43. The molecule has 0 aromatic carbocycles. The van der Waals surface area contributed by atoms with E-state index in [4.69, 9.17) is 4.74 Å². The van der Waals surface area contributed by atoms with Crippen molar-refractivity contribution in [3.05, 3.63) is 0 Å². The van der Waals surface area contributed by atoms with Crippen LogP contribution in [-0.4, -0.2) is 12.2 Å². The maximum Gasteiger partial charge on any atom is 0.0632 e. The van der Waals surface area contributed by atoms with Crippen molar-refractivity contribution in [2.24, 2.45) is 10.8 Å². The highest BCUT2D eigenvalue weighted by molar-refractivity contribution is 4.97. The molecule has 0 aromatic heterocycles. The molecule has 0 bridgehead atoms. The minimum absolute atomic E-state index is 0.137. The van der Waals surface area contributed by atoms with E-state index in [-0.39, 0.29) is 5.60 Å². The SMILES string of the molecule is CCCC1(C)CCC2(CC1)COC(C)(C)C2. The quantitative estimate of drug-likeness (QED) is 0.668. The zero-order valence-electron chi connectivity index (χ0n) is 11.6. The molecule has 2 fully saturated rings. The normalized spacial score (nSPS) is 42.8. The summed E-state index contributed by atoms with van der Waals surface area (Å²) in [6.45, 7) is 10.3. The van der Waals surface area contributed by atoms with Crippen LogP contribution < -0.4 is 0 Å². The molecule has 0 amide bonds. The third-order valence-electron chi connectivity index (χ3n) is 4.94. The largest absolute Gasteiger partial charge is 0.375 e. The molecule has 1 saturated heterocycles. The van der Waals surface area contributed by atoms with E-state index < -0.39 is 0 Å². The average molecular weight is 224 g/mol. The van der Waals surface area contributed by atoms with Gasteiger partial charge in [-0.25, -0.2) is 0 Å². The molecular formula is C15H28O. The first-order chi connectivity index (χ1) is 7.39. The predicted octanol–water partition coefficient (Wildman–Crippen LogP) is 4.55. The predicted molar refractivity (Wildman–Crippen MR) is 68.6 cm³/mol. The van der Waals surface area contributed by atoms with E-state index in [9.17, 15) is 0 Å². The molecule has 2 rings (SSSR count). The fourth-order valence-corrected chi connectivity index (χ4v) is 3.91. The van der Waals surface area contributed by atoms with Crippen LogP contribution in [0.15, 0.2) is 0 Å². The van der Waals surface area contributed by atoms with Crippen molar-refractivity contribution in [3.63, 3.8) is 0 Å². The minimum Gasteiger partial charge on any atom is -0.375 e. The molecule has 94 valence electrons. The molecule has 16 heavy (non-hydrogen) atoms. The van der Waals surface area contributed by atoms with E-state index in [0.29, 0.717) is 10.8 Å². The van der Waals surface area contributed by atoms with E-state index in [0.717, 1.165) is 6.61 Å². The third kappa shape index (κ3) is 2.45. The Balaban J connectivity index is 1.95. The van der Waals surface area contributed by atoms with Gasteiger partial charge in [0.05, 0.1) is 12.2 Å². The first-order valence-corrected chi connectivity index (χ1v) is 7.03. The Bertz CT molecular complexity index is 246. The lowest BCUT2D eigenvalue weighted by molar-refractivity contribution is 0.0221. The maximum atomic E-state index is 5.96. The van der Waals surface area contributed by atoms with Gasteiger partial charge in [0, 0.05) is 0 Å². The Kier molecular flexibility index (Phi) is 3.11. The topological polar surface area (TPSA) is 9.23 Å². The zero-order chi connectivity index (χ0) is 11.9. The fourth-order valence-electron chi connectivity index (χ4n) is 3.91. The van der Waals surface area contributed by atoms with Crippen molar-refractivity contribution < 1.29 is 4.74 Å². The van der Waals surface area contributed by atoms with Crippen LogP contribution in [0.1, 0.15) is 72.6 Å². The number of ether oxygens (including phenoxy) is 1. The molecule has 1 aliphatic carbocycles. The second kappa shape index (κ2) is 4.01. The van der Waals surface area contributed by atoms with Gasteiger partial charge >= 0.3 is 0 Å². The summed E-state index contributed by atoms with van der Waals surface area (Å²) < 4.78 is 5.96. The molecule has 0 atom stereocenters. The van der Waals surface area contributed by atoms with Crippen LogP contribution in [0.25, 0.3) is 0 Å². The molecule has 1 nitrogen and oxygen atoms in total. The summed E-state index contributed by atoms with van der Waals surface area (Å²) in [7, 11) is 0. The standard InChI is InChI=1S/C15H28O/c1-5-6-14(4)7-9-15(10-8-14)11-13(2,3)16-12-15/h5-12H2,1-4H3. The van der Waals surface area contributed by atoms with Gasteiger partial charge in [0.1, 0.15) is 0 Å². The first-order valence-electron chi connectivity index (χ1n) is 7.03. The molecule has 0 unspecified atom stereocenters. The van der Waals surface area contributed by atoms with Gasteiger partial charge in [0.25, 0.3) is 0 Å². The second-order valence-corrected chi connectivity index (χ2v) is 7.29. The van der Waals surface area contributed by atoms with Crippen molar-refractivity contribution in [1.29, 1.82) is 0 Å². The fraction of sp³-hybridized carbons (Fsp3) is 1.00. The van der Waals surface area contributed by atoms with E-state index >= 15 is 0 Å². The maximum absolute atomic E-state index is 5.96. The highest BCUT2D eigenvalue weighted by Gasteiger charge is 2.47. The molecule has 2 aliphatic rings. The third-order valence-corrected chi connectivity index (χ3v) is 4.94. The highest BCUT2D eigenvalue weighted by Crippen LogP contribution is 2.54. The summed E-state index contributed by atoms with van der Waals surface area (Å²) in [5, 5.41) is 0. The van der Waals surface area contributed by atoms with Gasteiger partial charge in [0.15, 0.2) is 0 Å². The van der Waals surface area contributed by atoms with Crippen molar-refractivity contribution in [2.75, 3.05) is 6.61 Å². The van der Waals surface area contributed by atoms with Gasteiger partial charge < -0.3 is 4.74 Å². The summed E-state index contributed by atoms with van der Waals surface area (Å²) in [5.74, 6) is 0. The number of hydrogen-bond donors (Lipinski definition) is 0. The Morgan fingerprint density at radius 1 is 1.00 bits per heavy atom. The van der Waals surface area contributed by atoms with Crippen molar-refractivity contribution in [1.82, 2.24) is 0 Å². The summed E-state index contributed by atoms with van der Waals surface area (Å²) >= 11 is 0. The Morgan fingerprint density at radius 2 is 1.62 bits per heavy atom. The van der Waals surface area contributed by atoms with E-state index in [1.165, 1.54) is 44.9 Å². The van der Waals surface area contributed by atoms with Gasteiger partial charge in [-0.3, -0.25) is 0 Å². The van der Waals surface area contributed by atoms with E-state index in [2.05, 4.69) is 27.7 Å². The summed E-state index contributed by atoms with van der Waals surface area (Å²) in [6.07, 6.45) is 9.65. The highest BCUT2D eigenvalue weighted by atomic mass is 16.5. The Hall–Kier alpha value is -0.0400. The van der Waals surface area contributed by atoms with Crippen LogP contribution in [0.2, 0.25) is 0 Å². The molecule has 1 heteroatoms. The monoisotopic (exact) mass is 224 g/mol. The van der Waals surface area contributed by atoms with Crippen LogP contribution >= 0.6 is 0 Å². The van der Waals surface area contributed by atoms with Crippen LogP contribution in [-0.2, 0) is 4.74 Å². The molecule has 0 N–H and O–H groups in total. The van der Waals surface area contributed by atoms with Crippen LogP contribution in [0.4, 0.5) is 0 Å². The second-order valence-electron chi connectivity index (χ2n) is 7.29. The molecule has 1 spiro atoms.